The van der Waals surface area contributed by atoms with Gasteiger partial charge in [0.15, 0.2) is 6.20 Å². The fraction of sp³-hybridized carbons (Fsp3) is 0.739. The second-order valence-corrected chi connectivity index (χ2v) is 8.29. The van der Waals surface area contributed by atoms with Crippen molar-refractivity contribution in [3.05, 3.63) is 28.4 Å². The number of anilines is 1. The van der Waals surface area contributed by atoms with Crippen molar-refractivity contribution in [2.45, 2.75) is 84.0 Å². The van der Waals surface area contributed by atoms with E-state index in [2.05, 4.69) is 16.8 Å². The topological polar surface area (TPSA) is 79.6 Å². The van der Waals surface area contributed by atoms with Crippen LogP contribution in [0.15, 0.2) is 18.3 Å². The van der Waals surface area contributed by atoms with E-state index in [9.17, 15) is 14.9 Å². The molecule has 0 bridgehead atoms. The van der Waals surface area contributed by atoms with Crippen molar-refractivity contribution in [2.75, 3.05) is 31.1 Å². The van der Waals surface area contributed by atoms with Crippen LogP contribution >= 0.6 is 0 Å². The lowest BCUT2D eigenvalue weighted by molar-refractivity contribution is -0.389. The van der Waals surface area contributed by atoms with Crippen molar-refractivity contribution in [3.63, 3.8) is 0 Å². The predicted octanol–water partition coefficient (Wildman–Crippen LogP) is 5.34. The number of carbonyl (C=O) groups excluding carboxylic acids is 1. The molecule has 1 aromatic heterocycles. The molecule has 0 aromatic carbocycles. The summed E-state index contributed by atoms with van der Waals surface area (Å²) in [4.78, 5) is 30.6. The van der Waals surface area contributed by atoms with Gasteiger partial charge in [0.1, 0.15) is 0 Å². The molecule has 1 aliphatic rings. The molecule has 1 fully saturated rings. The van der Waals surface area contributed by atoms with Crippen LogP contribution in [0.3, 0.4) is 0 Å². The van der Waals surface area contributed by atoms with Gasteiger partial charge in [0, 0.05) is 38.7 Å². The zero-order chi connectivity index (χ0) is 21.6. The number of pyridine rings is 1. The van der Waals surface area contributed by atoms with Crippen LogP contribution in [0.5, 0.6) is 0 Å². The summed E-state index contributed by atoms with van der Waals surface area (Å²) in [6.45, 7) is 5.14. The van der Waals surface area contributed by atoms with E-state index in [0.717, 1.165) is 31.6 Å². The van der Waals surface area contributed by atoms with Crippen molar-refractivity contribution in [2.24, 2.45) is 0 Å². The van der Waals surface area contributed by atoms with Crippen LogP contribution in [-0.4, -0.2) is 46.9 Å². The van der Waals surface area contributed by atoms with Crippen LogP contribution in [0, 0.1) is 10.1 Å². The maximum absolute atomic E-state index is 12.4. The zero-order valence-electron chi connectivity index (χ0n) is 18.6. The quantitative estimate of drug-likeness (QED) is 0.231. The summed E-state index contributed by atoms with van der Waals surface area (Å²) in [7, 11) is 0. The molecular weight excluding hydrogens is 380 g/mol. The third-order valence-corrected chi connectivity index (χ3v) is 5.91. The highest BCUT2D eigenvalue weighted by Crippen LogP contribution is 2.19. The molecular formula is C23H38N4O3. The molecule has 7 nitrogen and oxygen atoms in total. The van der Waals surface area contributed by atoms with Crippen LogP contribution in [0.2, 0.25) is 0 Å². The number of rotatable bonds is 14. The Morgan fingerprint density at radius 1 is 0.933 bits per heavy atom. The fourth-order valence-corrected chi connectivity index (χ4v) is 3.99. The monoisotopic (exact) mass is 418 g/mol. The van der Waals surface area contributed by atoms with E-state index in [1.165, 1.54) is 63.9 Å². The van der Waals surface area contributed by atoms with Gasteiger partial charge in [-0.25, -0.2) is 0 Å². The van der Waals surface area contributed by atoms with Crippen molar-refractivity contribution in [1.29, 1.82) is 0 Å². The Kier molecular flexibility index (Phi) is 11.2. The van der Waals surface area contributed by atoms with Crippen LogP contribution in [0.1, 0.15) is 84.0 Å². The molecule has 0 radical (unpaired) electrons. The average molecular weight is 419 g/mol. The fourth-order valence-electron chi connectivity index (χ4n) is 3.99. The van der Waals surface area contributed by atoms with Gasteiger partial charge in [-0.05, 0) is 22.4 Å². The zero-order valence-corrected chi connectivity index (χ0v) is 18.6. The van der Waals surface area contributed by atoms with E-state index < -0.39 is 4.92 Å². The summed E-state index contributed by atoms with van der Waals surface area (Å²) >= 11 is 0. The number of unbranched alkanes of at least 4 members (excludes halogenated alkanes) is 10. The molecule has 0 atom stereocenters. The standard InChI is InChI=1S/C23H38N4O3/c1-2-3-4-5-6-7-8-9-10-11-12-13-23(28)26-18-16-25(17-19-26)21-14-15-22(24-20-21)27(29)30/h14-15,20H,2-13,16-19H2,1H3. The van der Waals surface area contributed by atoms with Gasteiger partial charge in [-0.2, -0.15) is 0 Å². The lowest BCUT2D eigenvalue weighted by Crippen LogP contribution is -2.48. The Bertz CT molecular complexity index is 628. The summed E-state index contributed by atoms with van der Waals surface area (Å²) in [6, 6.07) is 3.16. The highest BCUT2D eigenvalue weighted by Gasteiger charge is 2.22. The Morgan fingerprint density at radius 2 is 1.50 bits per heavy atom. The van der Waals surface area contributed by atoms with Gasteiger partial charge in [-0.3, -0.25) is 4.79 Å². The summed E-state index contributed by atoms with van der Waals surface area (Å²) in [6.07, 6.45) is 16.4. The van der Waals surface area contributed by atoms with E-state index in [4.69, 9.17) is 0 Å². The number of nitro groups is 1. The minimum Gasteiger partial charge on any atom is -0.365 e. The number of hydrogen-bond donors (Lipinski definition) is 0. The molecule has 0 spiro atoms. The molecule has 2 rings (SSSR count). The van der Waals surface area contributed by atoms with E-state index in [1.807, 2.05) is 4.90 Å². The lowest BCUT2D eigenvalue weighted by Gasteiger charge is -2.35. The first-order chi connectivity index (χ1) is 14.6. The first-order valence-electron chi connectivity index (χ1n) is 11.7. The number of amides is 1. The molecule has 1 amide bonds. The van der Waals surface area contributed by atoms with Gasteiger partial charge >= 0.3 is 5.82 Å². The van der Waals surface area contributed by atoms with E-state index in [-0.39, 0.29) is 11.7 Å². The maximum atomic E-state index is 12.4. The Morgan fingerprint density at radius 3 is 2.00 bits per heavy atom. The van der Waals surface area contributed by atoms with Crippen LogP contribution in [0.4, 0.5) is 11.5 Å². The minimum atomic E-state index is -0.491. The van der Waals surface area contributed by atoms with Gasteiger partial charge in [0.2, 0.25) is 5.91 Å². The first-order valence-corrected chi connectivity index (χ1v) is 11.7. The molecule has 1 aliphatic heterocycles. The second kappa shape index (κ2) is 13.9. The molecule has 2 heterocycles. The van der Waals surface area contributed by atoms with Gasteiger partial charge in [-0.1, -0.05) is 71.1 Å². The van der Waals surface area contributed by atoms with E-state index >= 15 is 0 Å². The largest absolute Gasteiger partial charge is 0.365 e. The number of nitrogens with zero attached hydrogens (tertiary/aromatic N) is 4. The summed E-state index contributed by atoms with van der Waals surface area (Å²) < 4.78 is 0. The molecule has 168 valence electrons. The van der Waals surface area contributed by atoms with E-state index in [1.54, 1.807) is 12.3 Å². The number of hydrogen-bond acceptors (Lipinski definition) is 5. The van der Waals surface area contributed by atoms with Gasteiger partial charge in [-0.15, -0.1) is 0 Å². The minimum absolute atomic E-state index is 0.139. The molecule has 7 heteroatoms. The lowest BCUT2D eigenvalue weighted by atomic mass is 10.1. The average Bonchev–Trinajstić information content (AvgIpc) is 2.77. The molecule has 0 aliphatic carbocycles. The third-order valence-electron chi connectivity index (χ3n) is 5.91. The van der Waals surface area contributed by atoms with Gasteiger partial charge in [0.05, 0.1) is 5.69 Å². The smallest absolute Gasteiger partial charge is 0.363 e. The molecule has 0 N–H and O–H groups in total. The summed E-state index contributed by atoms with van der Waals surface area (Å²) in [5.74, 6) is 0.118. The predicted molar refractivity (Wildman–Crippen MR) is 121 cm³/mol. The highest BCUT2D eigenvalue weighted by molar-refractivity contribution is 5.76. The molecule has 0 saturated carbocycles. The first kappa shape index (κ1) is 24.1. The summed E-state index contributed by atoms with van der Waals surface area (Å²) in [5, 5.41) is 10.7. The van der Waals surface area contributed by atoms with Crippen molar-refractivity contribution >= 4 is 17.4 Å². The number of aromatic nitrogens is 1. The van der Waals surface area contributed by atoms with Gasteiger partial charge in [0.25, 0.3) is 0 Å². The number of piperazine rings is 1. The van der Waals surface area contributed by atoms with Gasteiger partial charge < -0.3 is 19.9 Å². The maximum Gasteiger partial charge on any atom is 0.363 e. The summed E-state index contributed by atoms with van der Waals surface area (Å²) in [5.41, 5.74) is 0.873. The second-order valence-electron chi connectivity index (χ2n) is 8.29. The van der Waals surface area contributed by atoms with Crippen molar-refractivity contribution < 1.29 is 9.72 Å². The highest BCUT2D eigenvalue weighted by atomic mass is 16.6. The SMILES string of the molecule is CCCCCCCCCCCCCC(=O)N1CCN(c2ccc([N+](=O)[O-])nc2)CC1. The van der Waals surface area contributed by atoms with Crippen LogP contribution in [0.25, 0.3) is 0 Å². The van der Waals surface area contributed by atoms with E-state index in [0.29, 0.717) is 19.5 Å². The molecule has 30 heavy (non-hydrogen) atoms. The Balaban J connectivity index is 1.52. The van der Waals surface area contributed by atoms with Crippen molar-refractivity contribution in [3.8, 4) is 0 Å². The Labute approximate surface area is 181 Å². The molecule has 0 unspecified atom stereocenters. The Hall–Kier alpha value is -2.18. The molecule has 1 saturated heterocycles. The third kappa shape index (κ3) is 8.67. The number of carbonyl (C=O) groups is 1. The molecule has 1 aromatic rings. The van der Waals surface area contributed by atoms with Crippen LogP contribution < -0.4 is 4.90 Å². The normalized spacial score (nSPS) is 14.2. The van der Waals surface area contributed by atoms with Crippen LogP contribution in [-0.2, 0) is 4.79 Å². The van der Waals surface area contributed by atoms with Crippen molar-refractivity contribution in [1.82, 2.24) is 9.88 Å².